The van der Waals surface area contributed by atoms with E-state index >= 15 is 0 Å². The first-order valence-corrected chi connectivity index (χ1v) is 6.54. The highest BCUT2D eigenvalue weighted by atomic mass is 35.5. The van der Waals surface area contributed by atoms with Gasteiger partial charge in [-0.25, -0.2) is 4.98 Å². The van der Waals surface area contributed by atoms with Gasteiger partial charge in [0.15, 0.2) is 0 Å². The van der Waals surface area contributed by atoms with Crippen molar-refractivity contribution in [2.24, 2.45) is 0 Å². The van der Waals surface area contributed by atoms with Crippen LogP contribution in [0, 0.1) is 0 Å². The van der Waals surface area contributed by atoms with Crippen LogP contribution >= 0.6 is 23.4 Å². The standard InChI is InChI=1S/C11H16ClNS/c1-2-3-4-7-14-9-10-5-6-13-11(12)8-10/h5-6,8H,2-4,7,9H2,1H3. The largest absolute Gasteiger partial charge is 0.245 e. The zero-order chi connectivity index (χ0) is 10.2. The van der Waals surface area contributed by atoms with E-state index < -0.39 is 0 Å². The van der Waals surface area contributed by atoms with Crippen LogP contribution in [0.4, 0.5) is 0 Å². The fourth-order valence-corrected chi connectivity index (χ4v) is 2.34. The maximum Gasteiger partial charge on any atom is 0.129 e. The van der Waals surface area contributed by atoms with Gasteiger partial charge in [0.05, 0.1) is 0 Å². The quantitative estimate of drug-likeness (QED) is 0.537. The monoisotopic (exact) mass is 229 g/mol. The Balaban J connectivity index is 2.18. The molecule has 1 heterocycles. The van der Waals surface area contributed by atoms with Crippen molar-refractivity contribution in [2.75, 3.05) is 5.75 Å². The van der Waals surface area contributed by atoms with Gasteiger partial charge in [-0.2, -0.15) is 11.8 Å². The minimum atomic E-state index is 0.594. The predicted octanol–water partition coefficient (Wildman–Crippen LogP) is 4.16. The summed E-state index contributed by atoms with van der Waals surface area (Å²) in [6, 6.07) is 3.97. The molecule has 3 heteroatoms. The second kappa shape index (κ2) is 7.13. The van der Waals surface area contributed by atoms with Gasteiger partial charge in [0.25, 0.3) is 0 Å². The van der Waals surface area contributed by atoms with Crippen LogP contribution in [0.5, 0.6) is 0 Å². The van der Waals surface area contributed by atoms with Crippen molar-refractivity contribution >= 4 is 23.4 Å². The van der Waals surface area contributed by atoms with E-state index in [9.17, 15) is 0 Å². The average Bonchev–Trinajstić information content (AvgIpc) is 2.18. The molecule has 0 aliphatic carbocycles. The molecule has 1 aromatic heterocycles. The Morgan fingerprint density at radius 1 is 1.43 bits per heavy atom. The molecule has 0 amide bonds. The summed E-state index contributed by atoms with van der Waals surface area (Å²) in [6.07, 6.45) is 5.72. The van der Waals surface area contributed by atoms with Gasteiger partial charge in [-0.05, 0) is 29.9 Å². The van der Waals surface area contributed by atoms with Crippen molar-refractivity contribution in [3.63, 3.8) is 0 Å². The third-order valence-electron chi connectivity index (χ3n) is 1.95. The SMILES string of the molecule is CCCCCSCc1ccnc(Cl)c1. The number of unbranched alkanes of at least 4 members (excludes halogenated alkanes) is 2. The molecule has 1 nitrogen and oxygen atoms in total. The van der Waals surface area contributed by atoms with Gasteiger partial charge in [0.2, 0.25) is 0 Å². The third kappa shape index (κ3) is 4.87. The summed E-state index contributed by atoms with van der Waals surface area (Å²) in [5, 5.41) is 0.594. The normalized spacial score (nSPS) is 10.4. The summed E-state index contributed by atoms with van der Waals surface area (Å²) in [6.45, 7) is 2.23. The molecule has 0 fully saturated rings. The Kier molecular flexibility index (Phi) is 6.04. The molecule has 1 aromatic rings. The lowest BCUT2D eigenvalue weighted by Crippen LogP contribution is -1.85. The van der Waals surface area contributed by atoms with Crippen LogP contribution in [0.15, 0.2) is 18.3 Å². The van der Waals surface area contributed by atoms with Gasteiger partial charge in [-0.3, -0.25) is 0 Å². The summed E-state index contributed by atoms with van der Waals surface area (Å²) in [4.78, 5) is 3.95. The summed E-state index contributed by atoms with van der Waals surface area (Å²) < 4.78 is 0. The second-order valence-electron chi connectivity index (χ2n) is 3.25. The Morgan fingerprint density at radius 2 is 2.29 bits per heavy atom. The van der Waals surface area contributed by atoms with Gasteiger partial charge >= 0.3 is 0 Å². The van der Waals surface area contributed by atoms with Gasteiger partial charge in [0, 0.05) is 11.9 Å². The maximum atomic E-state index is 5.79. The first-order valence-electron chi connectivity index (χ1n) is 5.01. The summed E-state index contributed by atoms with van der Waals surface area (Å²) >= 11 is 7.76. The van der Waals surface area contributed by atoms with Crippen molar-refractivity contribution in [1.29, 1.82) is 0 Å². The highest BCUT2D eigenvalue weighted by molar-refractivity contribution is 7.98. The van der Waals surface area contributed by atoms with Gasteiger partial charge in [-0.15, -0.1) is 0 Å². The van der Waals surface area contributed by atoms with E-state index in [1.807, 2.05) is 23.9 Å². The van der Waals surface area contributed by atoms with Gasteiger partial charge in [-0.1, -0.05) is 31.4 Å². The molecule has 0 atom stereocenters. The second-order valence-corrected chi connectivity index (χ2v) is 4.74. The van der Waals surface area contributed by atoms with E-state index in [2.05, 4.69) is 11.9 Å². The molecule has 0 saturated heterocycles. The number of hydrogen-bond donors (Lipinski definition) is 0. The first-order chi connectivity index (χ1) is 6.83. The van der Waals surface area contributed by atoms with Crippen molar-refractivity contribution < 1.29 is 0 Å². The summed E-state index contributed by atoms with van der Waals surface area (Å²) in [5.41, 5.74) is 1.27. The molecule has 14 heavy (non-hydrogen) atoms. The van der Waals surface area contributed by atoms with Crippen LogP contribution < -0.4 is 0 Å². The van der Waals surface area contributed by atoms with Crippen LogP contribution in [-0.4, -0.2) is 10.7 Å². The van der Waals surface area contributed by atoms with Crippen molar-refractivity contribution in [3.05, 3.63) is 29.0 Å². The molecule has 0 spiro atoms. The van der Waals surface area contributed by atoms with Crippen molar-refractivity contribution in [2.45, 2.75) is 31.9 Å². The zero-order valence-corrected chi connectivity index (χ0v) is 10.1. The Morgan fingerprint density at radius 3 is 3.00 bits per heavy atom. The highest BCUT2D eigenvalue weighted by Gasteiger charge is 1.95. The Labute approximate surface area is 95.3 Å². The summed E-state index contributed by atoms with van der Waals surface area (Å²) in [7, 11) is 0. The van der Waals surface area contributed by atoms with E-state index in [-0.39, 0.29) is 0 Å². The predicted molar refractivity (Wildman–Crippen MR) is 64.9 cm³/mol. The van der Waals surface area contributed by atoms with Crippen LogP contribution in [0.25, 0.3) is 0 Å². The molecule has 0 saturated carbocycles. The number of pyridine rings is 1. The number of nitrogens with zero attached hydrogens (tertiary/aromatic N) is 1. The number of rotatable bonds is 6. The number of thioether (sulfide) groups is 1. The molecular formula is C11H16ClNS. The molecule has 0 radical (unpaired) electrons. The molecule has 1 rings (SSSR count). The molecule has 0 aromatic carbocycles. The Hall–Kier alpha value is -0.210. The molecule has 0 unspecified atom stereocenters. The molecular weight excluding hydrogens is 214 g/mol. The van der Waals surface area contributed by atoms with E-state index in [0.717, 1.165) is 5.75 Å². The molecule has 0 bridgehead atoms. The molecule has 0 aliphatic heterocycles. The van der Waals surface area contributed by atoms with E-state index in [1.54, 1.807) is 6.20 Å². The lowest BCUT2D eigenvalue weighted by molar-refractivity contribution is 0.778. The van der Waals surface area contributed by atoms with Crippen molar-refractivity contribution in [3.8, 4) is 0 Å². The third-order valence-corrected chi connectivity index (χ3v) is 3.27. The fourth-order valence-electron chi connectivity index (χ4n) is 1.18. The first kappa shape index (κ1) is 11.9. The number of aromatic nitrogens is 1. The molecule has 0 aliphatic rings. The summed E-state index contributed by atoms with van der Waals surface area (Å²) in [5.74, 6) is 2.29. The van der Waals surface area contributed by atoms with Crippen LogP contribution in [0.2, 0.25) is 5.15 Å². The van der Waals surface area contributed by atoms with Crippen LogP contribution in [-0.2, 0) is 5.75 Å². The average molecular weight is 230 g/mol. The van der Waals surface area contributed by atoms with Gasteiger partial charge in [0.1, 0.15) is 5.15 Å². The van der Waals surface area contributed by atoms with E-state index in [4.69, 9.17) is 11.6 Å². The van der Waals surface area contributed by atoms with Crippen molar-refractivity contribution in [1.82, 2.24) is 4.98 Å². The lowest BCUT2D eigenvalue weighted by Gasteiger charge is -2.01. The van der Waals surface area contributed by atoms with E-state index in [0.29, 0.717) is 5.15 Å². The fraction of sp³-hybridized carbons (Fsp3) is 0.545. The Bertz CT molecular complexity index is 265. The number of halogens is 1. The smallest absolute Gasteiger partial charge is 0.129 e. The minimum Gasteiger partial charge on any atom is -0.245 e. The lowest BCUT2D eigenvalue weighted by atomic mass is 10.3. The van der Waals surface area contributed by atoms with Gasteiger partial charge < -0.3 is 0 Å². The highest BCUT2D eigenvalue weighted by Crippen LogP contribution is 2.16. The zero-order valence-electron chi connectivity index (χ0n) is 8.50. The maximum absolute atomic E-state index is 5.79. The minimum absolute atomic E-state index is 0.594. The van der Waals surface area contributed by atoms with Crippen LogP contribution in [0.1, 0.15) is 31.7 Å². The van der Waals surface area contributed by atoms with E-state index in [1.165, 1.54) is 30.6 Å². The number of hydrogen-bond acceptors (Lipinski definition) is 2. The van der Waals surface area contributed by atoms with Crippen LogP contribution in [0.3, 0.4) is 0 Å². The molecule has 0 N–H and O–H groups in total. The topological polar surface area (TPSA) is 12.9 Å². The molecule has 78 valence electrons.